The van der Waals surface area contributed by atoms with E-state index in [4.69, 9.17) is 0 Å². The molecule has 1 amide bonds. The van der Waals surface area contributed by atoms with Crippen molar-refractivity contribution in [3.8, 4) is 0 Å². The fourth-order valence-electron chi connectivity index (χ4n) is 1.77. The minimum atomic E-state index is -0.205. The third-order valence-corrected chi connectivity index (χ3v) is 4.85. The minimum absolute atomic E-state index is 0.0789. The van der Waals surface area contributed by atoms with E-state index < -0.39 is 0 Å². The lowest BCUT2D eigenvalue weighted by Crippen LogP contribution is -2.25. The van der Waals surface area contributed by atoms with Crippen LogP contribution >= 0.6 is 27.3 Å². The van der Waals surface area contributed by atoms with Crippen molar-refractivity contribution in [1.82, 2.24) is 20.0 Å². The van der Waals surface area contributed by atoms with Gasteiger partial charge in [-0.05, 0) is 36.7 Å². The van der Waals surface area contributed by atoms with Crippen LogP contribution in [0.5, 0.6) is 0 Å². The predicted molar refractivity (Wildman–Crippen MR) is 81.8 cm³/mol. The van der Waals surface area contributed by atoms with Gasteiger partial charge in [0.1, 0.15) is 5.01 Å². The number of aryl methyl sites for hydroxylation is 2. The maximum atomic E-state index is 12.1. The molecule has 0 unspecified atom stereocenters. The van der Waals surface area contributed by atoms with Crippen LogP contribution in [0.3, 0.4) is 0 Å². The Balaban J connectivity index is 2.02. The number of rotatable bonds is 4. The number of carbonyl (C=O) groups excluding carboxylic acids is 1. The number of anilines is 1. The van der Waals surface area contributed by atoms with Gasteiger partial charge in [-0.1, -0.05) is 18.3 Å². The van der Waals surface area contributed by atoms with Crippen LogP contribution < -0.4 is 5.32 Å². The van der Waals surface area contributed by atoms with Crippen molar-refractivity contribution in [2.45, 2.75) is 34.2 Å². The van der Waals surface area contributed by atoms with Gasteiger partial charge in [0.05, 0.1) is 22.6 Å². The predicted octanol–water partition coefficient (Wildman–Crippen LogP) is 2.70. The smallest absolute Gasteiger partial charge is 0.230 e. The molecule has 108 valence electrons. The van der Waals surface area contributed by atoms with E-state index in [0.29, 0.717) is 11.7 Å². The summed E-state index contributed by atoms with van der Waals surface area (Å²) in [6.07, 6.45) is 0. The Morgan fingerprint density at radius 1 is 1.40 bits per heavy atom. The molecule has 0 fully saturated rings. The number of nitrogens with zero attached hydrogens (tertiary/aromatic N) is 4. The Morgan fingerprint density at radius 2 is 2.10 bits per heavy atom. The van der Waals surface area contributed by atoms with Crippen LogP contribution in [0.25, 0.3) is 0 Å². The number of halogens is 1. The summed E-state index contributed by atoms with van der Waals surface area (Å²) in [6.45, 7) is 8.16. The number of nitrogens with one attached hydrogen (secondary N) is 1. The summed E-state index contributed by atoms with van der Waals surface area (Å²) >= 11 is 4.85. The Labute approximate surface area is 129 Å². The van der Waals surface area contributed by atoms with Crippen molar-refractivity contribution >= 4 is 38.3 Å². The van der Waals surface area contributed by atoms with Gasteiger partial charge < -0.3 is 5.32 Å². The molecule has 2 rings (SSSR count). The zero-order valence-corrected chi connectivity index (χ0v) is 14.2. The molecule has 20 heavy (non-hydrogen) atoms. The fraction of sp³-hybridized carbons (Fsp3) is 0.500. The number of hydrogen-bond donors (Lipinski definition) is 1. The van der Waals surface area contributed by atoms with Crippen LogP contribution in [0, 0.1) is 26.7 Å². The van der Waals surface area contributed by atoms with Crippen LogP contribution in [0.2, 0.25) is 0 Å². The Kier molecular flexibility index (Phi) is 4.54. The van der Waals surface area contributed by atoms with Crippen LogP contribution in [0.15, 0.2) is 4.47 Å². The molecule has 0 bridgehead atoms. The van der Waals surface area contributed by atoms with Crippen molar-refractivity contribution in [3.63, 3.8) is 0 Å². The lowest BCUT2D eigenvalue weighted by Gasteiger charge is -2.11. The Bertz CT molecular complexity index is 636. The summed E-state index contributed by atoms with van der Waals surface area (Å²) < 4.78 is 2.83. The molecule has 8 heteroatoms. The van der Waals surface area contributed by atoms with Gasteiger partial charge in [-0.25, -0.2) is 0 Å². The molecule has 0 spiro atoms. The lowest BCUT2D eigenvalue weighted by molar-refractivity contribution is -0.119. The molecule has 0 aliphatic rings. The van der Waals surface area contributed by atoms with Crippen LogP contribution in [-0.2, 0) is 11.3 Å². The number of amides is 1. The monoisotopic (exact) mass is 357 g/mol. The minimum Gasteiger partial charge on any atom is -0.300 e. The topological polar surface area (TPSA) is 72.7 Å². The van der Waals surface area contributed by atoms with E-state index >= 15 is 0 Å². The molecule has 2 aromatic rings. The van der Waals surface area contributed by atoms with Crippen molar-refractivity contribution in [1.29, 1.82) is 0 Å². The third kappa shape index (κ3) is 3.24. The summed E-state index contributed by atoms with van der Waals surface area (Å²) in [7, 11) is 0. The van der Waals surface area contributed by atoms with Gasteiger partial charge in [0.15, 0.2) is 0 Å². The van der Waals surface area contributed by atoms with Gasteiger partial charge in [0.25, 0.3) is 0 Å². The van der Waals surface area contributed by atoms with E-state index in [2.05, 4.69) is 36.5 Å². The first-order chi connectivity index (χ1) is 9.38. The first-order valence-corrected chi connectivity index (χ1v) is 7.80. The summed E-state index contributed by atoms with van der Waals surface area (Å²) in [5, 5.41) is 16.3. The van der Waals surface area contributed by atoms with E-state index in [9.17, 15) is 4.79 Å². The second-order valence-corrected chi connectivity index (χ2v) is 6.66. The van der Waals surface area contributed by atoms with Crippen LogP contribution in [0.1, 0.15) is 23.3 Å². The SMILES string of the molecule is Cc1nnc(NC(=O)[C@@H](C)Cn2nc(C)c(Br)c2C)s1. The Morgan fingerprint density at radius 3 is 2.60 bits per heavy atom. The maximum absolute atomic E-state index is 12.1. The third-order valence-electron chi connectivity index (χ3n) is 2.94. The normalized spacial score (nSPS) is 12.4. The lowest BCUT2D eigenvalue weighted by atomic mass is 10.1. The Hall–Kier alpha value is -1.28. The second-order valence-electron chi connectivity index (χ2n) is 4.68. The zero-order valence-electron chi connectivity index (χ0n) is 11.8. The maximum Gasteiger partial charge on any atom is 0.230 e. The van der Waals surface area contributed by atoms with E-state index in [1.54, 1.807) is 0 Å². The van der Waals surface area contributed by atoms with Gasteiger partial charge in [-0.3, -0.25) is 9.48 Å². The second kappa shape index (κ2) is 6.01. The molecule has 2 heterocycles. The van der Waals surface area contributed by atoms with Crippen molar-refractivity contribution < 1.29 is 4.79 Å². The van der Waals surface area contributed by atoms with Gasteiger partial charge >= 0.3 is 0 Å². The standard InChI is InChI=1S/C12H16BrN5OS/c1-6(5-18-8(3)10(13)7(2)17-18)11(19)14-12-16-15-9(4)20-12/h6H,5H2,1-4H3,(H,14,16,19)/t6-/m0/s1. The molecule has 0 aliphatic heterocycles. The van der Waals surface area contributed by atoms with Gasteiger partial charge in [-0.15, -0.1) is 10.2 Å². The number of hydrogen-bond acceptors (Lipinski definition) is 5. The highest BCUT2D eigenvalue weighted by atomic mass is 79.9. The summed E-state index contributed by atoms with van der Waals surface area (Å²) in [6, 6.07) is 0. The first kappa shape index (κ1) is 15.1. The highest BCUT2D eigenvalue weighted by Crippen LogP contribution is 2.21. The number of aromatic nitrogens is 4. The fourth-order valence-corrected chi connectivity index (χ4v) is 2.65. The highest BCUT2D eigenvalue weighted by molar-refractivity contribution is 9.10. The van der Waals surface area contributed by atoms with Gasteiger partial charge in [0.2, 0.25) is 11.0 Å². The molecule has 0 aliphatic carbocycles. The van der Waals surface area contributed by atoms with Crippen molar-refractivity contribution in [2.75, 3.05) is 5.32 Å². The van der Waals surface area contributed by atoms with Gasteiger partial charge in [0, 0.05) is 5.69 Å². The van der Waals surface area contributed by atoms with Crippen LogP contribution in [-0.4, -0.2) is 25.9 Å². The summed E-state index contributed by atoms with van der Waals surface area (Å²) in [5.74, 6) is -0.283. The quantitative estimate of drug-likeness (QED) is 0.912. The molecule has 0 saturated heterocycles. The molecular formula is C12H16BrN5OS. The average Bonchev–Trinajstić information content (AvgIpc) is 2.89. The molecule has 2 aromatic heterocycles. The molecule has 1 atom stereocenters. The molecule has 0 radical (unpaired) electrons. The average molecular weight is 358 g/mol. The largest absolute Gasteiger partial charge is 0.300 e. The number of carbonyl (C=O) groups is 1. The first-order valence-electron chi connectivity index (χ1n) is 6.19. The summed E-state index contributed by atoms with van der Waals surface area (Å²) in [5.41, 5.74) is 1.95. The van der Waals surface area contributed by atoms with Gasteiger partial charge in [-0.2, -0.15) is 5.10 Å². The van der Waals surface area contributed by atoms with E-state index in [1.165, 1.54) is 11.3 Å². The molecule has 6 nitrogen and oxygen atoms in total. The van der Waals surface area contributed by atoms with E-state index in [0.717, 1.165) is 20.9 Å². The van der Waals surface area contributed by atoms with E-state index in [1.807, 2.05) is 32.4 Å². The molecule has 1 N–H and O–H groups in total. The molecule has 0 aromatic carbocycles. The van der Waals surface area contributed by atoms with Crippen molar-refractivity contribution in [3.05, 3.63) is 20.9 Å². The van der Waals surface area contributed by atoms with Crippen LogP contribution in [0.4, 0.5) is 5.13 Å². The molecule has 0 saturated carbocycles. The molecular weight excluding hydrogens is 342 g/mol. The zero-order chi connectivity index (χ0) is 14.9. The summed E-state index contributed by atoms with van der Waals surface area (Å²) in [4.78, 5) is 12.1. The highest BCUT2D eigenvalue weighted by Gasteiger charge is 2.18. The van der Waals surface area contributed by atoms with E-state index in [-0.39, 0.29) is 11.8 Å². The van der Waals surface area contributed by atoms with Crippen molar-refractivity contribution in [2.24, 2.45) is 5.92 Å².